The summed E-state index contributed by atoms with van der Waals surface area (Å²) in [5.74, 6) is 1.13. The molecule has 0 aliphatic rings. The van der Waals surface area contributed by atoms with E-state index in [2.05, 4.69) is 17.2 Å². The summed E-state index contributed by atoms with van der Waals surface area (Å²) in [6.45, 7) is 2.80. The van der Waals surface area contributed by atoms with Gasteiger partial charge in [0.1, 0.15) is 11.3 Å². The summed E-state index contributed by atoms with van der Waals surface area (Å²) >= 11 is 12.2. The van der Waals surface area contributed by atoms with Gasteiger partial charge in [0.05, 0.1) is 11.6 Å². The minimum atomic E-state index is -0.177. The average molecular weight is 469 g/mol. The quantitative estimate of drug-likeness (QED) is 0.278. The number of unbranched alkanes of at least 4 members (excludes halogenated alkanes) is 1. The molecular weight excluding hydrogens is 447 g/mol. The Morgan fingerprint density at radius 2 is 1.81 bits per heavy atom. The van der Waals surface area contributed by atoms with Gasteiger partial charge in [-0.25, -0.2) is 4.98 Å². The van der Waals surface area contributed by atoms with Gasteiger partial charge in [0.2, 0.25) is 0 Å². The minimum Gasteiger partial charge on any atom is -0.494 e. The van der Waals surface area contributed by atoms with E-state index < -0.39 is 0 Å². The Labute approximate surface area is 196 Å². The van der Waals surface area contributed by atoms with E-state index in [1.807, 2.05) is 36.4 Å². The Balaban J connectivity index is 1.37. The zero-order chi connectivity index (χ0) is 22.5. The van der Waals surface area contributed by atoms with Crippen molar-refractivity contribution < 1.29 is 13.9 Å². The predicted octanol–water partition coefficient (Wildman–Crippen LogP) is 7.16. The number of hydrogen-bond donors (Lipinski definition) is 1. The summed E-state index contributed by atoms with van der Waals surface area (Å²) in [5.41, 5.74) is 3.42. The number of nitrogens with one attached hydrogen (secondary N) is 1. The van der Waals surface area contributed by atoms with E-state index in [0.717, 1.165) is 24.2 Å². The summed E-state index contributed by atoms with van der Waals surface area (Å²) in [6, 6.07) is 18.0. The van der Waals surface area contributed by atoms with E-state index >= 15 is 0 Å². The van der Waals surface area contributed by atoms with Crippen molar-refractivity contribution in [3.05, 3.63) is 87.7 Å². The molecule has 0 radical (unpaired) electrons. The van der Waals surface area contributed by atoms with E-state index in [1.54, 1.807) is 24.3 Å². The molecule has 0 atom stereocenters. The number of hydrogen-bond acceptors (Lipinski definition) is 4. The van der Waals surface area contributed by atoms with Gasteiger partial charge in [-0.3, -0.25) is 4.79 Å². The van der Waals surface area contributed by atoms with Crippen LogP contribution in [0.5, 0.6) is 5.75 Å². The van der Waals surface area contributed by atoms with Crippen LogP contribution in [0.25, 0.3) is 11.1 Å². The molecule has 1 heterocycles. The lowest BCUT2D eigenvalue weighted by Gasteiger charge is -2.08. The fraction of sp³-hybridized carbons (Fsp3) is 0.200. The molecule has 0 spiro atoms. The summed E-state index contributed by atoms with van der Waals surface area (Å²) < 4.78 is 11.4. The monoisotopic (exact) mass is 468 g/mol. The molecule has 7 heteroatoms. The van der Waals surface area contributed by atoms with Gasteiger partial charge in [0.25, 0.3) is 5.91 Å². The number of aromatic nitrogens is 1. The molecule has 4 rings (SSSR count). The zero-order valence-corrected chi connectivity index (χ0v) is 19.0. The number of benzene rings is 3. The van der Waals surface area contributed by atoms with Gasteiger partial charge in [-0.15, -0.1) is 0 Å². The average Bonchev–Trinajstić information content (AvgIpc) is 3.18. The summed E-state index contributed by atoms with van der Waals surface area (Å²) in [4.78, 5) is 17.0. The first kappa shape index (κ1) is 22.2. The van der Waals surface area contributed by atoms with Crippen LogP contribution in [-0.4, -0.2) is 17.5 Å². The minimum absolute atomic E-state index is 0.177. The Kier molecular flexibility index (Phi) is 6.98. The Hall–Kier alpha value is -3.02. The van der Waals surface area contributed by atoms with Gasteiger partial charge in [-0.1, -0.05) is 48.7 Å². The number of halogens is 2. The molecule has 0 fully saturated rings. The second-order valence-corrected chi connectivity index (χ2v) is 8.24. The number of oxazole rings is 1. The number of carbonyl (C=O) groups excluding carboxylic acids is 1. The molecule has 0 unspecified atom stereocenters. The highest BCUT2D eigenvalue weighted by Crippen LogP contribution is 2.29. The maximum Gasteiger partial charge on any atom is 0.255 e. The highest BCUT2D eigenvalue weighted by Gasteiger charge is 2.12. The van der Waals surface area contributed by atoms with E-state index in [4.69, 9.17) is 32.4 Å². The van der Waals surface area contributed by atoms with Crippen LogP contribution >= 0.6 is 23.2 Å². The topological polar surface area (TPSA) is 64.4 Å². The SMILES string of the molecule is CCCCOc1ccc(C(=O)Nc2ccc(Cc3nc4cc(Cl)cc(Cl)c4o3)cc2)cc1. The molecule has 32 heavy (non-hydrogen) atoms. The van der Waals surface area contributed by atoms with Crippen molar-refractivity contribution in [2.45, 2.75) is 26.2 Å². The maximum absolute atomic E-state index is 12.5. The van der Waals surface area contributed by atoms with Gasteiger partial charge in [-0.2, -0.15) is 0 Å². The van der Waals surface area contributed by atoms with Crippen molar-refractivity contribution in [3.8, 4) is 5.75 Å². The summed E-state index contributed by atoms with van der Waals surface area (Å²) in [5, 5.41) is 3.86. The van der Waals surface area contributed by atoms with Crippen LogP contribution in [-0.2, 0) is 6.42 Å². The molecule has 1 amide bonds. The number of anilines is 1. The van der Waals surface area contributed by atoms with E-state index in [0.29, 0.717) is 51.3 Å². The highest BCUT2D eigenvalue weighted by molar-refractivity contribution is 6.37. The van der Waals surface area contributed by atoms with Gasteiger partial charge in [-0.05, 0) is 60.5 Å². The second-order valence-electron chi connectivity index (χ2n) is 7.40. The fourth-order valence-electron chi connectivity index (χ4n) is 3.20. The first-order valence-electron chi connectivity index (χ1n) is 10.4. The third kappa shape index (κ3) is 5.42. The molecule has 0 bridgehead atoms. The first-order chi connectivity index (χ1) is 15.5. The number of nitrogens with zero attached hydrogens (tertiary/aromatic N) is 1. The predicted molar refractivity (Wildman–Crippen MR) is 128 cm³/mol. The van der Waals surface area contributed by atoms with Crippen LogP contribution < -0.4 is 10.1 Å². The van der Waals surface area contributed by atoms with Gasteiger partial charge >= 0.3 is 0 Å². The Morgan fingerprint density at radius 1 is 1.06 bits per heavy atom. The van der Waals surface area contributed by atoms with E-state index in [9.17, 15) is 4.79 Å². The Morgan fingerprint density at radius 3 is 2.53 bits per heavy atom. The number of amides is 1. The summed E-state index contributed by atoms with van der Waals surface area (Å²) in [7, 11) is 0. The number of ether oxygens (including phenoxy) is 1. The molecular formula is C25H22Cl2N2O3. The third-order valence-corrected chi connectivity index (χ3v) is 5.40. The molecule has 1 aromatic heterocycles. The lowest BCUT2D eigenvalue weighted by molar-refractivity contribution is 0.102. The fourth-order valence-corrected chi connectivity index (χ4v) is 3.72. The molecule has 4 aromatic rings. The lowest BCUT2D eigenvalue weighted by atomic mass is 10.1. The molecule has 3 aromatic carbocycles. The largest absolute Gasteiger partial charge is 0.494 e. The molecule has 0 saturated carbocycles. The summed E-state index contributed by atoms with van der Waals surface area (Å²) in [6.07, 6.45) is 2.58. The Bertz CT molecular complexity index is 1220. The zero-order valence-electron chi connectivity index (χ0n) is 17.5. The molecule has 0 aliphatic heterocycles. The van der Waals surface area contributed by atoms with Crippen LogP contribution in [0.3, 0.4) is 0 Å². The molecule has 0 saturated heterocycles. The standard InChI is InChI=1S/C25H22Cl2N2O3/c1-2-3-12-31-20-10-6-17(7-11-20)25(30)28-19-8-4-16(5-9-19)13-23-29-22-15-18(26)14-21(27)24(22)32-23/h4-11,14-15H,2-3,12-13H2,1H3,(H,28,30). The maximum atomic E-state index is 12.5. The third-order valence-electron chi connectivity index (χ3n) is 4.90. The van der Waals surface area contributed by atoms with Crippen molar-refractivity contribution >= 4 is 45.9 Å². The smallest absolute Gasteiger partial charge is 0.255 e. The van der Waals surface area contributed by atoms with Crippen molar-refractivity contribution in [2.24, 2.45) is 0 Å². The first-order valence-corrected chi connectivity index (χ1v) is 11.1. The van der Waals surface area contributed by atoms with Crippen LogP contribution in [0.2, 0.25) is 10.0 Å². The van der Waals surface area contributed by atoms with Crippen LogP contribution in [0, 0.1) is 0 Å². The van der Waals surface area contributed by atoms with Crippen molar-refractivity contribution in [3.63, 3.8) is 0 Å². The van der Waals surface area contributed by atoms with Crippen LogP contribution in [0.1, 0.15) is 41.6 Å². The molecule has 5 nitrogen and oxygen atoms in total. The van der Waals surface area contributed by atoms with Crippen molar-refractivity contribution in [1.29, 1.82) is 0 Å². The van der Waals surface area contributed by atoms with Crippen LogP contribution in [0.15, 0.2) is 65.1 Å². The van der Waals surface area contributed by atoms with Crippen molar-refractivity contribution in [1.82, 2.24) is 4.98 Å². The number of rotatable bonds is 8. The van der Waals surface area contributed by atoms with Gasteiger partial charge in [0.15, 0.2) is 11.5 Å². The lowest BCUT2D eigenvalue weighted by Crippen LogP contribution is -2.11. The van der Waals surface area contributed by atoms with E-state index in [1.165, 1.54) is 0 Å². The van der Waals surface area contributed by atoms with Crippen molar-refractivity contribution in [2.75, 3.05) is 11.9 Å². The molecule has 1 N–H and O–H groups in total. The van der Waals surface area contributed by atoms with Gasteiger partial charge in [0, 0.05) is 22.7 Å². The number of fused-ring (bicyclic) bond motifs is 1. The van der Waals surface area contributed by atoms with E-state index in [-0.39, 0.29) is 5.91 Å². The normalized spacial score (nSPS) is 11.0. The molecule has 164 valence electrons. The number of carbonyl (C=O) groups is 1. The second kappa shape index (κ2) is 10.1. The molecule has 0 aliphatic carbocycles. The highest BCUT2D eigenvalue weighted by atomic mass is 35.5. The van der Waals surface area contributed by atoms with Gasteiger partial charge < -0.3 is 14.5 Å². The van der Waals surface area contributed by atoms with Crippen LogP contribution in [0.4, 0.5) is 5.69 Å².